The second-order valence-electron chi connectivity index (χ2n) is 4.88. The highest BCUT2D eigenvalue weighted by molar-refractivity contribution is 5.96. The first-order valence-corrected chi connectivity index (χ1v) is 6.44. The van der Waals surface area contributed by atoms with Gasteiger partial charge in [-0.2, -0.15) is 0 Å². The first-order valence-electron chi connectivity index (χ1n) is 6.44. The molecule has 0 N–H and O–H groups in total. The lowest BCUT2D eigenvalue weighted by atomic mass is 10.1. The van der Waals surface area contributed by atoms with E-state index >= 15 is 0 Å². The highest BCUT2D eigenvalue weighted by Crippen LogP contribution is 2.14. The molecule has 0 saturated carbocycles. The molecule has 0 atom stereocenters. The Morgan fingerprint density at radius 3 is 2.45 bits per heavy atom. The summed E-state index contributed by atoms with van der Waals surface area (Å²) in [7, 11) is 1.79. The second kappa shape index (κ2) is 5.77. The summed E-state index contributed by atoms with van der Waals surface area (Å²) in [5.74, 6) is -0.0585. The number of carbonyl (C=O) groups is 1. The quantitative estimate of drug-likeness (QED) is 0.856. The Bertz CT molecular complexity index is 619. The predicted molar refractivity (Wildman–Crippen MR) is 76.3 cm³/mol. The van der Waals surface area contributed by atoms with Crippen molar-refractivity contribution in [2.45, 2.75) is 27.3 Å². The van der Waals surface area contributed by atoms with Crippen LogP contribution < -0.4 is 0 Å². The monoisotopic (exact) mass is 270 g/mol. The Morgan fingerprint density at radius 2 is 1.85 bits per heavy atom. The molecule has 0 radical (unpaired) electrons. The lowest BCUT2D eigenvalue weighted by Crippen LogP contribution is -2.28. The third kappa shape index (κ3) is 2.82. The van der Waals surface area contributed by atoms with Crippen molar-refractivity contribution in [2.75, 3.05) is 7.05 Å². The van der Waals surface area contributed by atoms with Gasteiger partial charge in [0.15, 0.2) is 0 Å². The topological polar surface area (TPSA) is 59.0 Å². The fourth-order valence-corrected chi connectivity index (χ4v) is 2.10. The van der Waals surface area contributed by atoms with Gasteiger partial charge in [-0.15, -0.1) is 0 Å². The molecule has 20 heavy (non-hydrogen) atoms. The third-order valence-corrected chi connectivity index (χ3v) is 3.33. The van der Waals surface area contributed by atoms with Crippen LogP contribution in [0.4, 0.5) is 0 Å². The van der Waals surface area contributed by atoms with Crippen LogP contribution in [0.3, 0.4) is 0 Å². The first-order chi connectivity index (χ1) is 9.50. The van der Waals surface area contributed by atoms with Gasteiger partial charge in [-0.05, 0) is 38.0 Å². The number of aryl methyl sites for hydroxylation is 3. The molecular weight excluding hydrogens is 252 g/mol. The number of nitrogens with zero attached hydrogens (tertiary/aromatic N) is 4. The molecular formula is C15H18N4O. The van der Waals surface area contributed by atoms with Crippen molar-refractivity contribution in [3.8, 4) is 0 Å². The summed E-state index contributed by atoms with van der Waals surface area (Å²) >= 11 is 0. The van der Waals surface area contributed by atoms with E-state index in [0.29, 0.717) is 23.5 Å². The fraction of sp³-hybridized carbons (Fsp3) is 0.333. The lowest BCUT2D eigenvalue weighted by Gasteiger charge is -2.19. The summed E-state index contributed by atoms with van der Waals surface area (Å²) in [6.07, 6.45) is 5.02. The molecule has 1 amide bonds. The van der Waals surface area contributed by atoms with Gasteiger partial charge in [0.1, 0.15) is 6.33 Å². The van der Waals surface area contributed by atoms with Gasteiger partial charge < -0.3 is 4.90 Å². The van der Waals surface area contributed by atoms with Crippen LogP contribution in [0.5, 0.6) is 0 Å². The lowest BCUT2D eigenvalue weighted by molar-refractivity contribution is 0.0782. The Balaban J connectivity index is 2.24. The molecule has 0 aliphatic heterocycles. The standard InChI is InChI=1S/C15H18N4O/c1-10-7-16-6-5-13(10)8-19(4)15(20)14-11(2)17-9-18-12(14)3/h5-7,9H,8H2,1-4H3. The van der Waals surface area contributed by atoms with Crippen LogP contribution in [0.25, 0.3) is 0 Å². The molecule has 2 aromatic heterocycles. The summed E-state index contributed by atoms with van der Waals surface area (Å²) in [4.78, 5) is 26.5. The zero-order chi connectivity index (χ0) is 14.7. The number of hydrogen-bond acceptors (Lipinski definition) is 4. The van der Waals surface area contributed by atoms with E-state index < -0.39 is 0 Å². The van der Waals surface area contributed by atoms with Gasteiger partial charge in [-0.25, -0.2) is 9.97 Å². The van der Waals surface area contributed by atoms with Gasteiger partial charge in [0, 0.05) is 26.0 Å². The molecule has 0 fully saturated rings. The van der Waals surface area contributed by atoms with Crippen molar-refractivity contribution in [3.05, 3.63) is 52.9 Å². The summed E-state index contributed by atoms with van der Waals surface area (Å²) in [6, 6.07) is 1.93. The number of pyridine rings is 1. The Labute approximate surface area is 118 Å². The number of rotatable bonds is 3. The maximum atomic E-state index is 12.5. The zero-order valence-corrected chi connectivity index (χ0v) is 12.2. The van der Waals surface area contributed by atoms with E-state index in [-0.39, 0.29) is 5.91 Å². The predicted octanol–water partition coefficient (Wildman–Crippen LogP) is 2.07. The van der Waals surface area contributed by atoms with Crippen LogP contribution >= 0.6 is 0 Å². The van der Waals surface area contributed by atoms with Crippen LogP contribution in [0.1, 0.15) is 32.9 Å². The fourth-order valence-electron chi connectivity index (χ4n) is 2.10. The van der Waals surface area contributed by atoms with Gasteiger partial charge in [-0.3, -0.25) is 9.78 Å². The summed E-state index contributed by atoms with van der Waals surface area (Å²) in [6.45, 7) is 6.19. The van der Waals surface area contributed by atoms with E-state index in [1.807, 2.05) is 26.8 Å². The molecule has 0 bridgehead atoms. The Kier molecular flexibility index (Phi) is 4.08. The van der Waals surface area contributed by atoms with Crippen LogP contribution in [0, 0.1) is 20.8 Å². The van der Waals surface area contributed by atoms with Gasteiger partial charge in [-0.1, -0.05) is 0 Å². The number of carbonyl (C=O) groups excluding carboxylic acids is 1. The Morgan fingerprint density at radius 1 is 1.20 bits per heavy atom. The van der Waals surface area contributed by atoms with Crippen molar-refractivity contribution >= 4 is 5.91 Å². The van der Waals surface area contributed by atoms with Gasteiger partial charge >= 0.3 is 0 Å². The minimum Gasteiger partial charge on any atom is -0.337 e. The van der Waals surface area contributed by atoms with Gasteiger partial charge in [0.25, 0.3) is 5.91 Å². The van der Waals surface area contributed by atoms with Crippen molar-refractivity contribution in [3.63, 3.8) is 0 Å². The van der Waals surface area contributed by atoms with E-state index in [1.54, 1.807) is 24.3 Å². The van der Waals surface area contributed by atoms with Crippen LogP contribution in [0.2, 0.25) is 0 Å². The molecule has 5 nitrogen and oxygen atoms in total. The van der Waals surface area contributed by atoms with Gasteiger partial charge in [0.2, 0.25) is 0 Å². The molecule has 0 aromatic carbocycles. The van der Waals surface area contributed by atoms with E-state index in [0.717, 1.165) is 11.1 Å². The molecule has 5 heteroatoms. The van der Waals surface area contributed by atoms with Crippen molar-refractivity contribution in [2.24, 2.45) is 0 Å². The van der Waals surface area contributed by atoms with Crippen LogP contribution in [-0.4, -0.2) is 32.8 Å². The van der Waals surface area contributed by atoms with E-state index in [1.165, 1.54) is 6.33 Å². The maximum Gasteiger partial charge on any atom is 0.257 e. The molecule has 0 aliphatic carbocycles. The Hall–Kier alpha value is -2.30. The molecule has 2 heterocycles. The average Bonchev–Trinajstić information content (AvgIpc) is 2.41. The molecule has 2 aromatic rings. The molecule has 0 aliphatic rings. The van der Waals surface area contributed by atoms with Gasteiger partial charge in [0.05, 0.1) is 17.0 Å². The molecule has 0 spiro atoms. The smallest absolute Gasteiger partial charge is 0.257 e. The number of amides is 1. The minimum atomic E-state index is -0.0585. The van der Waals surface area contributed by atoms with E-state index in [4.69, 9.17) is 0 Å². The number of aromatic nitrogens is 3. The van der Waals surface area contributed by atoms with E-state index in [9.17, 15) is 4.79 Å². The van der Waals surface area contributed by atoms with Crippen LogP contribution in [0.15, 0.2) is 24.8 Å². The highest BCUT2D eigenvalue weighted by Gasteiger charge is 2.18. The van der Waals surface area contributed by atoms with Crippen molar-refractivity contribution < 1.29 is 4.79 Å². The largest absolute Gasteiger partial charge is 0.337 e. The number of hydrogen-bond donors (Lipinski definition) is 0. The second-order valence-corrected chi connectivity index (χ2v) is 4.88. The minimum absolute atomic E-state index is 0.0585. The van der Waals surface area contributed by atoms with Crippen molar-refractivity contribution in [1.29, 1.82) is 0 Å². The summed E-state index contributed by atoms with van der Waals surface area (Å²) < 4.78 is 0. The normalized spacial score (nSPS) is 10.4. The summed E-state index contributed by atoms with van der Waals surface area (Å²) in [5.41, 5.74) is 4.16. The average molecular weight is 270 g/mol. The zero-order valence-electron chi connectivity index (χ0n) is 12.2. The molecule has 2 rings (SSSR count). The molecule has 0 unspecified atom stereocenters. The SMILES string of the molecule is Cc1cnccc1CN(C)C(=O)c1c(C)ncnc1C. The molecule has 104 valence electrons. The summed E-state index contributed by atoms with van der Waals surface area (Å²) in [5, 5.41) is 0. The molecule has 0 saturated heterocycles. The highest BCUT2D eigenvalue weighted by atomic mass is 16.2. The van der Waals surface area contributed by atoms with Crippen molar-refractivity contribution in [1.82, 2.24) is 19.9 Å². The third-order valence-electron chi connectivity index (χ3n) is 3.33. The van der Waals surface area contributed by atoms with E-state index in [2.05, 4.69) is 15.0 Å². The maximum absolute atomic E-state index is 12.5. The van der Waals surface area contributed by atoms with Crippen LogP contribution in [-0.2, 0) is 6.54 Å². The first kappa shape index (κ1) is 14.1.